The van der Waals surface area contributed by atoms with Gasteiger partial charge in [-0.2, -0.15) is 4.98 Å². The van der Waals surface area contributed by atoms with E-state index in [2.05, 4.69) is 15.6 Å². The number of rotatable bonds is 6. The highest BCUT2D eigenvalue weighted by molar-refractivity contribution is 6.30. The van der Waals surface area contributed by atoms with E-state index in [0.29, 0.717) is 18.0 Å². The first kappa shape index (κ1) is 15.6. The normalized spacial score (nSPS) is 13.6. The molecule has 6 nitrogen and oxygen atoms in total. The molecule has 0 radical (unpaired) electrons. The minimum Gasteiger partial charge on any atom is -0.431 e. The van der Waals surface area contributed by atoms with Crippen LogP contribution < -0.4 is 10.6 Å². The van der Waals surface area contributed by atoms with Crippen LogP contribution in [0, 0.1) is 5.92 Å². The largest absolute Gasteiger partial charge is 0.431 e. The first-order valence-corrected chi connectivity index (χ1v) is 7.78. The molecule has 2 amide bonds. The van der Waals surface area contributed by atoms with Gasteiger partial charge in [0.05, 0.1) is 0 Å². The van der Waals surface area contributed by atoms with E-state index in [1.54, 1.807) is 0 Å². The number of anilines is 1. The molecule has 1 aromatic carbocycles. The molecule has 120 valence electrons. The van der Waals surface area contributed by atoms with E-state index in [0.717, 1.165) is 18.4 Å². The maximum absolute atomic E-state index is 12.0. The van der Waals surface area contributed by atoms with Crippen molar-refractivity contribution in [3.05, 3.63) is 46.8 Å². The first-order chi connectivity index (χ1) is 11.1. The van der Waals surface area contributed by atoms with Crippen molar-refractivity contribution in [3.8, 4) is 0 Å². The van der Waals surface area contributed by atoms with Crippen LogP contribution in [0.3, 0.4) is 0 Å². The molecule has 3 rings (SSSR count). The number of benzene rings is 1. The SMILES string of the molecule is O=C(NCCc1ccc(Cl)cc1)c1coc(NC(=O)C2CC2)n1. The summed E-state index contributed by atoms with van der Waals surface area (Å²) in [7, 11) is 0. The zero-order chi connectivity index (χ0) is 16.2. The molecule has 1 fully saturated rings. The van der Waals surface area contributed by atoms with Gasteiger partial charge in [0.25, 0.3) is 5.91 Å². The van der Waals surface area contributed by atoms with E-state index in [1.165, 1.54) is 6.26 Å². The van der Waals surface area contributed by atoms with Gasteiger partial charge < -0.3 is 9.73 Å². The summed E-state index contributed by atoms with van der Waals surface area (Å²) in [5.41, 5.74) is 1.22. The molecule has 2 aromatic rings. The van der Waals surface area contributed by atoms with Crippen LogP contribution in [0.4, 0.5) is 6.01 Å². The number of carbonyl (C=O) groups is 2. The molecule has 0 unspecified atom stereocenters. The summed E-state index contributed by atoms with van der Waals surface area (Å²) in [6.45, 7) is 0.469. The molecule has 2 N–H and O–H groups in total. The Labute approximate surface area is 138 Å². The molecule has 0 saturated heterocycles. The Morgan fingerprint density at radius 3 is 2.70 bits per heavy atom. The predicted molar refractivity (Wildman–Crippen MR) is 85.3 cm³/mol. The van der Waals surface area contributed by atoms with Gasteiger partial charge in [0, 0.05) is 17.5 Å². The summed E-state index contributed by atoms with van der Waals surface area (Å²) in [6, 6.07) is 7.51. The molecule has 0 atom stereocenters. The lowest BCUT2D eigenvalue weighted by molar-refractivity contribution is -0.117. The number of aromatic nitrogens is 1. The lowest BCUT2D eigenvalue weighted by Crippen LogP contribution is -2.26. The molecule has 7 heteroatoms. The summed E-state index contributed by atoms with van der Waals surface area (Å²) in [5.74, 6) is -0.394. The molecular formula is C16H16ClN3O3. The highest BCUT2D eigenvalue weighted by Gasteiger charge is 2.30. The Morgan fingerprint density at radius 1 is 1.26 bits per heavy atom. The fourth-order valence-electron chi connectivity index (χ4n) is 2.05. The second kappa shape index (κ2) is 6.83. The van der Waals surface area contributed by atoms with Crippen LogP contribution in [0.25, 0.3) is 0 Å². The van der Waals surface area contributed by atoms with Gasteiger partial charge in [-0.3, -0.25) is 14.9 Å². The lowest BCUT2D eigenvalue weighted by Gasteiger charge is -2.03. The fraction of sp³-hybridized carbons (Fsp3) is 0.312. The van der Waals surface area contributed by atoms with Gasteiger partial charge in [-0.25, -0.2) is 0 Å². The summed E-state index contributed by atoms with van der Waals surface area (Å²) in [6.07, 6.45) is 3.71. The fourth-order valence-corrected chi connectivity index (χ4v) is 2.18. The van der Waals surface area contributed by atoms with E-state index >= 15 is 0 Å². The second-order valence-corrected chi connectivity index (χ2v) is 5.87. The Balaban J connectivity index is 1.47. The number of hydrogen-bond donors (Lipinski definition) is 2. The Kier molecular flexibility index (Phi) is 4.62. The van der Waals surface area contributed by atoms with Crippen LogP contribution in [0.15, 0.2) is 34.9 Å². The molecule has 23 heavy (non-hydrogen) atoms. The minimum absolute atomic E-state index is 0.0542. The maximum atomic E-state index is 12.0. The molecule has 0 spiro atoms. The summed E-state index contributed by atoms with van der Waals surface area (Å²) in [4.78, 5) is 27.5. The molecule has 1 saturated carbocycles. The van der Waals surface area contributed by atoms with Gasteiger partial charge in [-0.05, 0) is 37.0 Å². The van der Waals surface area contributed by atoms with Crippen LogP contribution in [0.1, 0.15) is 28.9 Å². The summed E-state index contributed by atoms with van der Waals surface area (Å²) in [5, 5.41) is 6.00. The van der Waals surface area contributed by atoms with E-state index in [4.69, 9.17) is 16.0 Å². The zero-order valence-corrected chi connectivity index (χ0v) is 13.1. The summed E-state index contributed by atoms with van der Waals surface area (Å²) >= 11 is 5.82. The van der Waals surface area contributed by atoms with Crippen LogP contribution in [-0.2, 0) is 11.2 Å². The average molecular weight is 334 g/mol. The van der Waals surface area contributed by atoms with E-state index in [9.17, 15) is 9.59 Å². The number of carbonyl (C=O) groups excluding carboxylic acids is 2. The number of oxazole rings is 1. The highest BCUT2D eigenvalue weighted by atomic mass is 35.5. The van der Waals surface area contributed by atoms with Crippen LogP contribution in [0.2, 0.25) is 5.02 Å². The Bertz CT molecular complexity index is 708. The number of halogens is 1. The molecule has 1 aliphatic carbocycles. The van der Waals surface area contributed by atoms with Crippen molar-refractivity contribution in [2.24, 2.45) is 5.92 Å². The van der Waals surface area contributed by atoms with Gasteiger partial charge in [-0.15, -0.1) is 0 Å². The van der Waals surface area contributed by atoms with Crippen molar-refractivity contribution in [1.29, 1.82) is 0 Å². The number of nitrogens with zero attached hydrogens (tertiary/aromatic N) is 1. The smallest absolute Gasteiger partial charge is 0.302 e. The Morgan fingerprint density at radius 2 is 2.00 bits per heavy atom. The molecule has 1 aliphatic rings. The van der Waals surface area contributed by atoms with Crippen LogP contribution in [0.5, 0.6) is 0 Å². The number of amides is 2. The van der Waals surface area contributed by atoms with Crippen molar-refractivity contribution in [2.45, 2.75) is 19.3 Å². The second-order valence-electron chi connectivity index (χ2n) is 5.43. The molecule has 0 aliphatic heterocycles. The predicted octanol–water partition coefficient (Wildman–Crippen LogP) is 2.65. The van der Waals surface area contributed by atoms with Crippen molar-refractivity contribution < 1.29 is 14.0 Å². The average Bonchev–Trinajstić information content (AvgIpc) is 3.29. The third-order valence-electron chi connectivity index (χ3n) is 3.53. The topological polar surface area (TPSA) is 84.2 Å². The van der Waals surface area contributed by atoms with E-state index in [-0.39, 0.29) is 29.4 Å². The first-order valence-electron chi connectivity index (χ1n) is 7.41. The number of nitrogens with one attached hydrogen (secondary N) is 2. The lowest BCUT2D eigenvalue weighted by atomic mass is 10.1. The van der Waals surface area contributed by atoms with Crippen molar-refractivity contribution in [3.63, 3.8) is 0 Å². The standard InChI is InChI=1S/C16H16ClN3O3/c17-12-5-1-10(2-6-12)7-8-18-15(22)13-9-23-16(19-13)20-14(21)11-3-4-11/h1-2,5-6,9,11H,3-4,7-8H2,(H,18,22)(H,19,20,21). The third kappa shape index (κ3) is 4.32. The third-order valence-corrected chi connectivity index (χ3v) is 3.78. The van der Waals surface area contributed by atoms with Gasteiger partial charge in [0.1, 0.15) is 6.26 Å². The van der Waals surface area contributed by atoms with Crippen LogP contribution in [-0.4, -0.2) is 23.3 Å². The quantitative estimate of drug-likeness (QED) is 0.851. The van der Waals surface area contributed by atoms with E-state index in [1.807, 2.05) is 24.3 Å². The van der Waals surface area contributed by atoms with Crippen molar-refractivity contribution >= 4 is 29.4 Å². The minimum atomic E-state index is -0.338. The molecule has 1 aromatic heterocycles. The van der Waals surface area contributed by atoms with Gasteiger partial charge in [-0.1, -0.05) is 23.7 Å². The molecule has 1 heterocycles. The maximum Gasteiger partial charge on any atom is 0.302 e. The highest BCUT2D eigenvalue weighted by Crippen LogP contribution is 2.30. The van der Waals surface area contributed by atoms with Crippen LogP contribution >= 0.6 is 11.6 Å². The molecular weight excluding hydrogens is 318 g/mol. The van der Waals surface area contributed by atoms with E-state index < -0.39 is 0 Å². The monoisotopic (exact) mass is 333 g/mol. The number of hydrogen-bond acceptors (Lipinski definition) is 4. The van der Waals surface area contributed by atoms with Crippen molar-refractivity contribution in [1.82, 2.24) is 10.3 Å². The van der Waals surface area contributed by atoms with Gasteiger partial charge >= 0.3 is 6.01 Å². The van der Waals surface area contributed by atoms with Crippen molar-refractivity contribution in [2.75, 3.05) is 11.9 Å². The Hall–Kier alpha value is -2.34. The van der Waals surface area contributed by atoms with Gasteiger partial charge in [0.2, 0.25) is 5.91 Å². The summed E-state index contributed by atoms with van der Waals surface area (Å²) < 4.78 is 5.09. The zero-order valence-electron chi connectivity index (χ0n) is 12.3. The molecule has 0 bridgehead atoms. The van der Waals surface area contributed by atoms with Gasteiger partial charge in [0.15, 0.2) is 5.69 Å².